The van der Waals surface area contributed by atoms with Gasteiger partial charge in [-0.3, -0.25) is 0 Å². The Labute approximate surface area is 126 Å². The van der Waals surface area contributed by atoms with Crippen LogP contribution in [0.2, 0.25) is 0 Å². The molecule has 1 aromatic rings. The van der Waals surface area contributed by atoms with Crippen LogP contribution in [0.4, 0.5) is 13.2 Å². The summed E-state index contributed by atoms with van der Waals surface area (Å²) in [5.74, 6) is 1.06. The molecular formula is C12H13Br2F3O2. The number of hydrogen-bond donors (Lipinski definition) is 0. The Hall–Kier alpha value is -0.430. The van der Waals surface area contributed by atoms with Crippen LogP contribution in [-0.4, -0.2) is 20.4 Å². The van der Waals surface area contributed by atoms with Crippen molar-refractivity contribution in [2.45, 2.75) is 23.8 Å². The Morgan fingerprint density at radius 2 is 1.74 bits per heavy atom. The first-order valence-corrected chi connectivity index (χ1v) is 7.11. The third-order valence-electron chi connectivity index (χ3n) is 2.52. The molecule has 1 unspecified atom stereocenters. The van der Waals surface area contributed by atoms with E-state index >= 15 is 0 Å². The van der Waals surface area contributed by atoms with Crippen LogP contribution in [0.5, 0.6) is 11.5 Å². The fourth-order valence-electron chi connectivity index (χ4n) is 1.57. The summed E-state index contributed by atoms with van der Waals surface area (Å²) in [6, 6.07) is 3.34. The van der Waals surface area contributed by atoms with Crippen LogP contribution in [-0.2, 0) is 0 Å². The maximum atomic E-state index is 12.2. The Bertz CT molecular complexity index is 436. The Kier molecular flexibility index (Phi) is 5.98. The van der Waals surface area contributed by atoms with Gasteiger partial charge >= 0.3 is 6.18 Å². The zero-order chi connectivity index (χ0) is 14.6. The molecule has 7 heteroatoms. The van der Waals surface area contributed by atoms with Crippen LogP contribution in [0.15, 0.2) is 16.6 Å². The van der Waals surface area contributed by atoms with Crippen molar-refractivity contribution in [3.63, 3.8) is 0 Å². The smallest absolute Gasteiger partial charge is 0.389 e. The first kappa shape index (κ1) is 16.6. The molecule has 1 aromatic carbocycles. The van der Waals surface area contributed by atoms with Gasteiger partial charge in [-0.05, 0) is 34.5 Å². The molecule has 0 aromatic heterocycles. The first-order chi connectivity index (χ1) is 8.78. The van der Waals surface area contributed by atoms with E-state index in [1.54, 1.807) is 12.1 Å². The number of alkyl halides is 4. The van der Waals surface area contributed by atoms with Crippen LogP contribution < -0.4 is 9.47 Å². The zero-order valence-electron chi connectivity index (χ0n) is 10.4. The molecule has 0 aliphatic carbocycles. The van der Waals surface area contributed by atoms with Crippen LogP contribution in [0.25, 0.3) is 0 Å². The molecule has 0 heterocycles. The summed E-state index contributed by atoms with van der Waals surface area (Å²) < 4.78 is 47.7. The summed E-state index contributed by atoms with van der Waals surface area (Å²) in [6.45, 7) is 0. The van der Waals surface area contributed by atoms with Gasteiger partial charge in [0, 0.05) is 16.8 Å². The normalized spacial score (nSPS) is 13.2. The van der Waals surface area contributed by atoms with Gasteiger partial charge in [-0.1, -0.05) is 15.9 Å². The van der Waals surface area contributed by atoms with Gasteiger partial charge in [-0.25, -0.2) is 0 Å². The maximum absolute atomic E-state index is 12.2. The molecule has 0 saturated carbocycles. The van der Waals surface area contributed by atoms with E-state index in [0.29, 0.717) is 21.5 Å². The minimum atomic E-state index is -4.17. The molecule has 0 N–H and O–H groups in total. The third kappa shape index (κ3) is 4.87. The first-order valence-electron chi connectivity index (χ1n) is 5.40. The highest BCUT2D eigenvalue weighted by molar-refractivity contribution is 9.10. The molecule has 2 nitrogen and oxygen atoms in total. The maximum Gasteiger partial charge on any atom is 0.389 e. The second-order valence-corrected chi connectivity index (χ2v) is 5.81. The number of ether oxygens (including phenoxy) is 2. The van der Waals surface area contributed by atoms with E-state index in [4.69, 9.17) is 9.47 Å². The summed E-state index contributed by atoms with van der Waals surface area (Å²) in [7, 11) is 2.97. The van der Waals surface area contributed by atoms with E-state index in [2.05, 4.69) is 31.9 Å². The van der Waals surface area contributed by atoms with Crippen LogP contribution in [0.1, 0.15) is 23.2 Å². The number of benzene rings is 1. The van der Waals surface area contributed by atoms with Crippen molar-refractivity contribution >= 4 is 31.9 Å². The summed E-state index contributed by atoms with van der Waals surface area (Å²) in [4.78, 5) is -0.453. The second kappa shape index (κ2) is 6.83. The average molecular weight is 406 g/mol. The molecule has 19 heavy (non-hydrogen) atoms. The van der Waals surface area contributed by atoms with Gasteiger partial charge in [-0.15, -0.1) is 0 Å². The topological polar surface area (TPSA) is 18.5 Å². The monoisotopic (exact) mass is 404 g/mol. The van der Waals surface area contributed by atoms with Crippen molar-refractivity contribution < 1.29 is 22.6 Å². The van der Waals surface area contributed by atoms with E-state index < -0.39 is 17.4 Å². The predicted molar refractivity (Wildman–Crippen MR) is 74.2 cm³/mol. The molecule has 1 rings (SSSR count). The Balaban J connectivity index is 2.97. The predicted octanol–water partition coefficient (Wildman–Crippen LogP) is 5.24. The fraction of sp³-hybridized carbons (Fsp3) is 0.500. The molecule has 0 bridgehead atoms. The number of halogens is 5. The highest BCUT2D eigenvalue weighted by atomic mass is 79.9. The molecule has 108 valence electrons. The molecule has 0 aliphatic rings. The molecule has 0 amide bonds. The van der Waals surface area contributed by atoms with Gasteiger partial charge < -0.3 is 9.47 Å². The SMILES string of the molecule is COc1cc(C(Br)CCC(F)(F)F)c(OC)cc1Br. The quantitative estimate of drug-likeness (QED) is 0.623. The third-order valence-corrected chi connectivity index (χ3v) is 4.09. The van der Waals surface area contributed by atoms with Crippen molar-refractivity contribution in [2.24, 2.45) is 0 Å². The fourth-order valence-corrected chi connectivity index (χ4v) is 2.65. The molecule has 1 atom stereocenters. The van der Waals surface area contributed by atoms with Gasteiger partial charge in [0.25, 0.3) is 0 Å². The van der Waals surface area contributed by atoms with E-state index in [1.165, 1.54) is 14.2 Å². The summed E-state index contributed by atoms with van der Waals surface area (Å²) in [6.07, 6.45) is -5.09. The van der Waals surface area contributed by atoms with E-state index in [1.807, 2.05) is 0 Å². The minimum Gasteiger partial charge on any atom is -0.496 e. The van der Waals surface area contributed by atoms with Crippen molar-refractivity contribution in [3.8, 4) is 11.5 Å². The molecule has 0 radical (unpaired) electrons. The van der Waals surface area contributed by atoms with Crippen LogP contribution in [0, 0.1) is 0 Å². The van der Waals surface area contributed by atoms with Crippen molar-refractivity contribution in [1.29, 1.82) is 0 Å². The zero-order valence-corrected chi connectivity index (χ0v) is 13.5. The molecule has 0 fully saturated rings. The van der Waals surface area contributed by atoms with Crippen LogP contribution in [0.3, 0.4) is 0 Å². The highest BCUT2D eigenvalue weighted by Gasteiger charge is 2.29. The number of hydrogen-bond acceptors (Lipinski definition) is 2. The van der Waals surface area contributed by atoms with Gasteiger partial charge in [-0.2, -0.15) is 13.2 Å². The van der Waals surface area contributed by atoms with Crippen LogP contribution >= 0.6 is 31.9 Å². The average Bonchev–Trinajstić information content (AvgIpc) is 2.34. The minimum absolute atomic E-state index is 0.0648. The van der Waals surface area contributed by atoms with Crippen molar-refractivity contribution in [2.75, 3.05) is 14.2 Å². The molecule has 0 saturated heterocycles. The van der Waals surface area contributed by atoms with Crippen molar-refractivity contribution in [3.05, 3.63) is 22.2 Å². The van der Waals surface area contributed by atoms with Gasteiger partial charge in [0.15, 0.2) is 0 Å². The van der Waals surface area contributed by atoms with Crippen molar-refractivity contribution in [1.82, 2.24) is 0 Å². The lowest BCUT2D eigenvalue weighted by Gasteiger charge is -2.17. The molecular weight excluding hydrogens is 393 g/mol. The standard InChI is InChI=1S/C12H13Br2F3O2/c1-18-10-6-9(14)11(19-2)5-7(10)8(13)3-4-12(15,16)17/h5-6,8H,3-4H2,1-2H3. The van der Waals surface area contributed by atoms with Gasteiger partial charge in [0.2, 0.25) is 0 Å². The van der Waals surface area contributed by atoms with Gasteiger partial charge in [0.05, 0.1) is 18.7 Å². The summed E-state index contributed by atoms with van der Waals surface area (Å²) in [5.41, 5.74) is 0.631. The highest BCUT2D eigenvalue weighted by Crippen LogP contribution is 2.41. The summed E-state index contributed by atoms with van der Waals surface area (Å²) in [5, 5.41) is 0. The molecule has 0 aliphatic heterocycles. The van der Waals surface area contributed by atoms with E-state index in [-0.39, 0.29) is 6.42 Å². The summed E-state index contributed by atoms with van der Waals surface area (Å²) >= 11 is 6.57. The largest absolute Gasteiger partial charge is 0.496 e. The Morgan fingerprint density at radius 1 is 1.16 bits per heavy atom. The Morgan fingerprint density at radius 3 is 2.21 bits per heavy atom. The number of rotatable bonds is 5. The lowest BCUT2D eigenvalue weighted by molar-refractivity contribution is -0.135. The van der Waals surface area contributed by atoms with E-state index in [9.17, 15) is 13.2 Å². The van der Waals surface area contributed by atoms with Gasteiger partial charge in [0.1, 0.15) is 11.5 Å². The lowest BCUT2D eigenvalue weighted by Crippen LogP contribution is -2.08. The number of methoxy groups -OCH3 is 2. The van der Waals surface area contributed by atoms with E-state index in [0.717, 1.165) is 0 Å². The second-order valence-electron chi connectivity index (χ2n) is 3.85. The lowest BCUT2D eigenvalue weighted by atomic mass is 10.1. The molecule has 0 spiro atoms.